The molecular weight excluding hydrogens is 206 g/mol. The number of carboxylic acids is 1. The van der Waals surface area contributed by atoms with Gasteiger partial charge in [-0.1, -0.05) is 24.3 Å². The molecule has 1 amide bonds. The van der Waals surface area contributed by atoms with E-state index in [0.717, 1.165) is 5.57 Å². The molecule has 0 saturated carbocycles. The average molecular weight is 219 g/mol. The van der Waals surface area contributed by atoms with Crippen LogP contribution in [0.5, 0.6) is 0 Å². The number of carboxylic acid groups (broad SMARTS) is 1. The van der Waals surface area contributed by atoms with Crippen LogP contribution in [0.4, 0.5) is 0 Å². The van der Waals surface area contributed by atoms with Gasteiger partial charge >= 0.3 is 5.97 Å². The summed E-state index contributed by atoms with van der Waals surface area (Å²) in [6, 6.07) is 6.09. The molecule has 2 N–H and O–H groups in total. The molecule has 0 unspecified atom stereocenters. The first kappa shape index (κ1) is 12.0. The number of carbonyl (C=O) groups is 2. The lowest BCUT2D eigenvalue weighted by Crippen LogP contribution is -2.26. The number of hydrogen-bond acceptors (Lipinski definition) is 2. The zero-order chi connectivity index (χ0) is 12.1. The standard InChI is InChI=1S/C12H13NO3/c1-8(2)7-13-11(14)9-5-3-4-6-10(9)12(15)16/h3-6H,1,7H2,2H3,(H,13,14)(H,15,16). The second kappa shape index (κ2) is 5.11. The SMILES string of the molecule is C=C(C)CNC(=O)c1ccccc1C(=O)O. The smallest absolute Gasteiger partial charge is 0.336 e. The first-order valence-electron chi connectivity index (χ1n) is 4.77. The highest BCUT2D eigenvalue weighted by atomic mass is 16.4. The molecular formula is C12H13NO3. The molecule has 1 aromatic carbocycles. The van der Waals surface area contributed by atoms with Gasteiger partial charge in [0.1, 0.15) is 0 Å². The molecule has 0 aliphatic heterocycles. The Labute approximate surface area is 93.6 Å². The van der Waals surface area contributed by atoms with E-state index in [2.05, 4.69) is 11.9 Å². The van der Waals surface area contributed by atoms with E-state index in [4.69, 9.17) is 5.11 Å². The Morgan fingerprint density at radius 1 is 1.31 bits per heavy atom. The summed E-state index contributed by atoms with van der Waals surface area (Å²) in [5.41, 5.74) is 0.971. The van der Waals surface area contributed by atoms with Gasteiger partial charge in [0.15, 0.2) is 0 Å². The van der Waals surface area contributed by atoms with Crippen LogP contribution in [0.1, 0.15) is 27.6 Å². The molecule has 0 aliphatic rings. The van der Waals surface area contributed by atoms with Crippen LogP contribution in [0, 0.1) is 0 Å². The fraction of sp³-hybridized carbons (Fsp3) is 0.167. The normalized spacial score (nSPS) is 9.56. The van der Waals surface area contributed by atoms with Crippen LogP contribution in [-0.2, 0) is 0 Å². The molecule has 0 spiro atoms. The van der Waals surface area contributed by atoms with Crippen LogP contribution in [0.15, 0.2) is 36.4 Å². The lowest BCUT2D eigenvalue weighted by atomic mass is 10.1. The van der Waals surface area contributed by atoms with Crippen LogP contribution in [0.2, 0.25) is 0 Å². The van der Waals surface area contributed by atoms with Crippen molar-refractivity contribution in [3.05, 3.63) is 47.5 Å². The van der Waals surface area contributed by atoms with Crippen molar-refractivity contribution in [3.63, 3.8) is 0 Å². The van der Waals surface area contributed by atoms with E-state index in [1.807, 2.05) is 0 Å². The average Bonchev–Trinajstić information content (AvgIpc) is 2.25. The third-order valence-electron chi connectivity index (χ3n) is 1.95. The minimum absolute atomic E-state index is 0.00159. The maximum Gasteiger partial charge on any atom is 0.336 e. The molecule has 0 radical (unpaired) electrons. The van der Waals surface area contributed by atoms with E-state index in [0.29, 0.717) is 6.54 Å². The van der Waals surface area contributed by atoms with E-state index in [9.17, 15) is 9.59 Å². The van der Waals surface area contributed by atoms with E-state index < -0.39 is 11.9 Å². The fourth-order valence-corrected chi connectivity index (χ4v) is 1.19. The number of hydrogen-bond donors (Lipinski definition) is 2. The number of carbonyl (C=O) groups excluding carboxylic acids is 1. The molecule has 0 heterocycles. The maximum atomic E-state index is 11.7. The molecule has 0 aromatic heterocycles. The minimum Gasteiger partial charge on any atom is -0.478 e. The number of aromatic carboxylic acids is 1. The minimum atomic E-state index is -1.11. The Balaban J connectivity index is 2.90. The Morgan fingerprint density at radius 2 is 1.88 bits per heavy atom. The van der Waals surface area contributed by atoms with E-state index in [1.54, 1.807) is 19.1 Å². The van der Waals surface area contributed by atoms with Gasteiger partial charge in [0.2, 0.25) is 0 Å². The Morgan fingerprint density at radius 3 is 2.38 bits per heavy atom. The van der Waals surface area contributed by atoms with Crippen LogP contribution < -0.4 is 5.32 Å². The highest BCUT2D eigenvalue weighted by molar-refractivity contribution is 6.04. The van der Waals surface area contributed by atoms with Crippen molar-refractivity contribution in [1.82, 2.24) is 5.32 Å². The second-order valence-corrected chi connectivity index (χ2v) is 3.49. The van der Waals surface area contributed by atoms with Crippen molar-refractivity contribution in [2.24, 2.45) is 0 Å². The number of rotatable bonds is 4. The van der Waals surface area contributed by atoms with Gasteiger partial charge in [0, 0.05) is 6.54 Å². The Kier molecular flexibility index (Phi) is 3.83. The number of amides is 1. The van der Waals surface area contributed by atoms with Gasteiger partial charge in [-0.05, 0) is 19.1 Å². The summed E-state index contributed by atoms with van der Waals surface area (Å²) in [7, 11) is 0. The van der Waals surface area contributed by atoms with Crippen LogP contribution >= 0.6 is 0 Å². The highest BCUT2D eigenvalue weighted by Gasteiger charge is 2.14. The van der Waals surface area contributed by atoms with Crippen molar-refractivity contribution in [2.75, 3.05) is 6.54 Å². The summed E-state index contributed by atoms with van der Waals surface area (Å²) >= 11 is 0. The monoisotopic (exact) mass is 219 g/mol. The molecule has 4 heteroatoms. The van der Waals surface area contributed by atoms with E-state index in [-0.39, 0.29) is 11.1 Å². The largest absolute Gasteiger partial charge is 0.478 e. The molecule has 0 atom stereocenters. The van der Waals surface area contributed by atoms with E-state index in [1.165, 1.54) is 12.1 Å². The molecule has 84 valence electrons. The van der Waals surface area contributed by atoms with Gasteiger partial charge in [0.25, 0.3) is 5.91 Å². The van der Waals surface area contributed by atoms with Crippen molar-refractivity contribution >= 4 is 11.9 Å². The van der Waals surface area contributed by atoms with Crippen LogP contribution in [-0.4, -0.2) is 23.5 Å². The Bertz CT molecular complexity index is 438. The van der Waals surface area contributed by atoms with Crippen molar-refractivity contribution < 1.29 is 14.7 Å². The Hall–Kier alpha value is -2.10. The summed E-state index contributed by atoms with van der Waals surface area (Å²) < 4.78 is 0. The first-order chi connectivity index (χ1) is 7.52. The maximum absolute atomic E-state index is 11.7. The van der Waals surface area contributed by atoms with Crippen molar-refractivity contribution in [2.45, 2.75) is 6.92 Å². The number of benzene rings is 1. The zero-order valence-corrected chi connectivity index (χ0v) is 8.99. The van der Waals surface area contributed by atoms with Gasteiger partial charge in [-0.3, -0.25) is 4.79 Å². The summed E-state index contributed by atoms with van der Waals surface area (Å²) in [5.74, 6) is -1.51. The summed E-state index contributed by atoms with van der Waals surface area (Å²) in [5, 5.41) is 11.5. The third-order valence-corrected chi connectivity index (χ3v) is 1.95. The van der Waals surface area contributed by atoms with Gasteiger partial charge in [-0.2, -0.15) is 0 Å². The fourth-order valence-electron chi connectivity index (χ4n) is 1.19. The predicted octanol–water partition coefficient (Wildman–Crippen LogP) is 1.69. The second-order valence-electron chi connectivity index (χ2n) is 3.49. The molecule has 0 aliphatic carbocycles. The zero-order valence-electron chi connectivity index (χ0n) is 8.99. The first-order valence-corrected chi connectivity index (χ1v) is 4.77. The molecule has 0 saturated heterocycles. The molecule has 4 nitrogen and oxygen atoms in total. The predicted molar refractivity (Wildman–Crippen MR) is 60.5 cm³/mol. The van der Waals surface area contributed by atoms with Crippen LogP contribution in [0.3, 0.4) is 0 Å². The summed E-state index contributed by atoms with van der Waals surface area (Å²) in [4.78, 5) is 22.5. The molecule has 1 aromatic rings. The van der Waals surface area contributed by atoms with Gasteiger partial charge in [-0.15, -0.1) is 0 Å². The van der Waals surface area contributed by atoms with Crippen LogP contribution in [0.25, 0.3) is 0 Å². The van der Waals surface area contributed by atoms with Gasteiger partial charge in [0.05, 0.1) is 11.1 Å². The molecule has 0 fully saturated rings. The number of nitrogens with one attached hydrogen (secondary N) is 1. The summed E-state index contributed by atoms with van der Waals surface area (Å²) in [6.45, 7) is 5.77. The lowest BCUT2D eigenvalue weighted by molar-refractivity contribution is 0.0691. The van der Waals surface area contributed by atoms with Gasteiger partial charge in [-0.25, -0.2) is 4.79 Å². The van der Waals surface area contributed by atoms with Crippen molar-refractivity contribution in [3.8, 4) is 0 Å². The third kappa shape index (κ3) is 2.95. The molecule has 0 bridgehead atoms. The topological polar surface area (TPSA) is 66.4 Å². The van der Waals surface area contributed by atoms with Crippen molar-refractivity contribution in [1.29, 1.82) is 0 Å². The molecule has 16 heavy (non-hydrogen) atoms. The quantitative estimate of drug-likeness (QED) is 0.757. The lowest BCUT2D eigenvalue weighted by Gasteiger charge is -2.07. The summed E-state index contributed by atoms with van der Waals surface area (Å²) in [6.07, 6.45) is 0. The molecule has 1 rings (SSSR count). The van der Waals surface area contributed by atoms with Gasteiger partial charge < -0.3 is 10.4 Å². The van der Waals surface area contributed by atoms with E-state index >= 15 is 0 Å². The highest BCUT2D eigenvalue weighted by Crippen LogP contribution is 2.08.